The smallest absolute Gasteiger partial charge is 0.165 e. The molecular weight excluding hydrogens is 168 g/mol. The monoisotopic (exact) mass is 186 g/mol. The number of allylic oxidation sites excluding steroid dienone is 1. The summed E-state index contributed by atoms with van der Waals surface area (Å²) < 4.78 is 5.55. The van der Waals surface area contributed by atoms with Crippen LogP contribution in [-0.4, -0.2) is 21.4 Å². The van der Waals surface area contributed by atoms with E-state index in [4.69, 9.17) is 4.74 Å². The van der Waals surface area contributed by atoms with Gasteiger partial charge in [0.25, 0.3) is 0 Å². The van der Waals surface area contributed by atoms with Crippen molar-refractivity contribution < 1.29 is 14.9 Å². The highest BCUT2D eigenvalue weighted by molar-refractivity contribution is 5.25. The van der Waals surface area contributed by atoms with Gasteiger partial charge in [-0.1, -0.05) is 13.8 Å². The minimum absolute atomic E-state index is 0.0313. The predicted octanol–water partition coefficient (Wildman–Crippen LogP) is 2.12. The van der Waals surface area contributed by atoms with Crippen LogP contribution in [0.3, 0.4) is 0 Å². The fraction of sp³-hybridized carbons (Fsp3) is 0.800. The third-order valence-electron chi connectivity index (χ3n) is 3.17. The van der Waals surface area contributed by atoms with Gasteiger partial charge in [0.05, 0.1) is 0 Å². The fourth-order valence-corrected chi connectivity index (χ4v) is 2.08. The van der Waals surface area contributed by atoms with Gasteiger partial charge in [0.2, 0.25) is 0 Å². The van der Waals surface area contributed by atoms with Gasteiger partial charge in [-0.15, -0.1) is 0 Å². The van der Waals surface area contributed by atoms with E-state index in [0.717, 1.165) is 0 Å². The van der Waals surface area contributed by atoms with Crippen molar-refractivity contribution in [3.05, 3.63) is 11.5 Å². The second-order valence-corrected chi connectivity index (χ2v) is 3.78. The van der Waals surface area contributed by atoms with Crippen molar-refractivity contribution in [3.8, 4) is 0 Å². The molecule has 2 N–H and O–H groups in total. The number of hydrogen-bond donors (Lipinski definition) is 2. The highest BCUT2D eigenvalue weighted by atomic mass is 16.5. The molecule has 1 aliphatic heterocycles. The van der Waals surface area contributed by atoms with E-state index in [9.17, 15) is 10.2 Å². The summed E-state index contributed by atoms with van der Waals surface area (Å²) >= 11 is 0. The SMILES string of the molecule is CCC1(CC)OC(C)=C(O)C1(C)O. The van der Waals surface area contributed by atoms with Gasteiger partial charge in [-0.05, 0) is 26.7 Å². The van der Waals surface area contributed by atoms with Gasteiger partial charge >= 0.3 is 0 Å². The van der Waals surface area contributed by atoms with E-state index in [1.165, 1.54) is 0 Å². The van der Waals surface area contributed by atoms with E-state index >= 15 is 0 Å². The number of hydrogen-bond acceptors (Lipinski definition) is 3. The number of aliphatic hydroxyl groups is 2. The molecule has 0 fully saturated rings. The zero-order valence-electron chi connectivity index (χ0n) is 8.72. The molecule has 1 heterocycles. The van der Waals surface area contributed by atoms with E-state index in [2.05, 4.69) is 0 Å². The zero-order valence-corrected chi connectivity index (χ0v) is 8.72. The highest BCUT2D eigenvalue weighted by Crippen LogP contribution is 2.45. The molecule has 0 saturated heterocycles. The lowest BCUT2D eigenvalue weighted by Crippen LogP contribution is -2.50. The van der Waals surface area contributed by atoms with Crippen molar-refractivity contribution in [2.75, 3.05) is 0 Å². The van der Waals surface area contributed by atoms with Crippen LogP contribution in [0.1, 0.15) is 40.5 Å². The summed E-state index contributed by atoms with van der Waals surface area (Å²) in [5.74, 6) is 0.407. The van der Waals surface area contributed by atoms with Crippen LogP contribution in [0.4, 0.5) is 0 Å². The topological polar surface area (TPSA) is 49.7 Å². The van der Waals surface area contributed by atoms with Crippen LogP contribution in [0.25, 0.3) is 0 Å². The third-order valence-corrected chi connectivity index (χ3v) is 3.17. The Morgan fingerprint density at radius 3 is 1.92 bits per heavy atom. The van der Waals surface area contributed by atoms with Crippen molar-refractivity contribution in [3.63, 3.8) is 0 Å². The molecule has 0 aromatic heterocycles. The third kappa shape index (κ3) is 1.14. The van der Waals surface area contributed by atoms with Gasteiger partial charge in [-0.2, -0.15) is 0 Å². The zero-order chi connectivity index (χ0) is 10.3. The fourth-order valence-electron chi connectivity index (χ4n) is 2.08. The average molecular weight is 186 g/mol. The Labute approximate surface area is 79.0 Å². The Hall–Kier alpha value is -0.700. The molecule has 1 rings (SSSR count). The normalized spacial score (nSPS) is 32.1. The van der Waals surface area contributed by atoms with E-state index in [1.807, 2.05) is 13.8 Å². The van der Waals surface area contributed by atoms with Gasteiger partial charge in [-0.3, -0.25) is 0 Å². The van der Waals surface area contributed by atoms with Crippen molar-refractivity contribution in [2.24, 2.45) is 0 Å². The van der Waals surface area contributed by atoms with Crippen LogP contribution < -0.4 is 0 Å². The number of rotatable bonds is 2. The quantitative estimate of drug-likeness (QED) is 0.694. The van der Waals surface area contributed by atoms with E-state index in [0.29, 0.717) is 18.6 Å². The molecule has 0 aromatic rings. The lowest BCUT2D eigenvalue weighted by Gasteiger charge is -2.37. The maximum atomic E-state index is 10.1. The summed E-state index contributed by atoms with van der Waals surface area (Å²) in [5.41, 5.74) is -1.90. The van der Waals surface area contributed by atoms with Crippen molar-refractivity contribution >= 4 is 0 Å². The van der Waals surface area contributed by atoms with Crippen LogP contribution >= 0.6 is 0 Å². The van der Waals surface area contributed by atoms with Crippen LogP contribution in [0.5, 0.6) is 0 Å². The summed E-state index contributed by atoms with van der Waals surface area (Å²) in [5, 5.41) is 19.7. The molecule has 3 nitrogen and oxygen atoms in total. The molecule has 0 amide bonds. The van der Waals surface area contributed by atoms with E-state index in [1.54, 1.807) is 13.8 Å². The number of aliphatic hydroxyl groups excluding tert-OH is 1. The summed E-state index contributed by atoms with van der Waals surface area (Å²) in [6, 6.07) is 0. The van der Waals surface area contributed by atoms with Crippen LogP contribution in [0.15, 0.2) is 11.5 Å². The Morgan fingerprint density at radius 2 is 1.77 bits per heavy atom. The number of ether oxygens (including phenoxy) is 1. The van der Waals surface area contributed by atoms with Gasteiger partial charge < -0.3 is 14.9 Å². The van der Waals surface area contributed by atoms with Crippen LogP contribution in [-0.2, 0) is 4.74 Å². The van der Waals surface area contributed by atoms with Gasteiger partial charge in [-0.25, -0.2) is 0 Å². The predicted molar refractivity (Wildman–Crippen MR) is 50.4 cm³/mol. The van der Waals surface area contributed by atoms with E-state index in [-0.39, 0.29) is 5.76 Å². The first kappa shape index (κ1) is 10.4. The molecule has 3 heteroatoms. The molecule has 13 heavy (non-hydrogen) atoms. The largest absolute Gasteiger partial charge is 0.506 e. The Kier molecular flexibility index (Phi) is 2.32. The molecule has 0 aromatic carbocycles. The average Bonchev–Trinajstić information content (AvgIpc) is 2.27. The summed E-state index contributed by atoms with van der Waals surface area (Å²) in [6.45, 7) is 7.18. The molecule has 1 aliphatic rings. The second-order valence-electron chi connectivity index (χ2n) is 3.78. The van der Waals surface area contributed by atoms with E-state index < -0.39 is 11.2 Å². The highest BCUT2D eigenvalue weighted by Gasteiger charge is 2.55. The molecule has 0 radical (unpaired) electrons. The molecule has 0 saturated carbocycles. The second kappa shape index (κ2) is 2.91. The van der Waals surface area contributed by atoms with Gasteiger partial charge in [0, 0.05) is 0 Å². The first-order valence-corrected chi connectivity index (χ1v) is 4.73. The first-order valence-electron chi connectivity index (χ1n) is 4.73. The standard InChI is InChI=1S/C10H18O3/c1-5-10(6-2)9(4,12)8(11)7(3)13-10/h11-12H,5-6H2,1-4H3. The molecule has 1 unspecified atom stereocenters. The summed E-state index contributed by atoms with van der Waals surface area (Å²) in [7, 11) is 0. The Morgan fingerprint density at radius 1 is 1.31 bits per heavy atom. The lowest BCUT2D eigenvalue weighted by atomic mass is 9.80. The maximum Gasteiger partial charge on any atom is 0.165 e. The molecule has 0 aliphatic carbocycles. The van der Waals surface area contributed by atoms with Crippen molar-refractivity contribution in [1.29, 1.82) is 0 Å². The Balaban J connectivity index is 3.10. The molecule has 0 bridgehead atoms. The summed E-state index contributed by atoms with van der Waals surface area (Å²) in [6.07, 6.45) is 1.36. The van der Waals surface area contributed by atoms with Crippen LogP contribution in [0.2, 0.25) is 0 Å². The molecule has 76 valence electrons. The van der Waals surface area contributed by atoms with Gasteiger partial charge in [0.1, 0.15) is 11.4 Å². The Bertz CT molecular complexity index is 237. The van der Waals surface area contributed by atoms with Crippen molar-refractivity contribution in [1.82, 2.24) is 0 Å². The first-order chi connectivity index (χ1) is 5.91. The van der Waals surface area contributed by atoms with Crippen molar-refractivity contribution in [2.45, 2.75) is 51.7 Å². The minimum atomic E-state index is -1.25. The van der Waals surface area contributed by atoms with Gasteiger partial charge in [0.15, 0.2) is 11.4 Å². The molecule has 1 atom stereocenters. The maximum absolute atomic E-state index is 10.1. The molecular formula is C10H18O3. The summed E-state index contributed by atoms with van der Waals surface area (Å²) in [4.78, 5) is 0. The molecule has 0 spiro atoms. The lowest BCUT2D eigenvalue weighted by molar-refractivity contribution is -0.118. The minimum Gasteiger partial charge on any atom is -0.506 e. The van der Waals surface area contributed by atoms with Crippen LogP contribution in [0, 0.1) is 0 Å².